The Morgan fingerprint density at radius 2 is 1.81 bits per heavy atom. The van der Waals surface area contributed by atoms with Crippen LogP contribution in [0.15, 0.2) is 54.6 Å². The summed E-state index contributed by atoms with van der Waals surface area (Å²) in [6, 6.07) is 16.4. The summed E-state index contributed by atoms with van der Waals surface area (Å²) in [7, 11) is 0. The van der Waals surface area contributed by atoms with E-state index in [1.807, 2.05) is 42.5 Å². The van der Waals surface area contributed by atoms with E-state index in [0.29, 0.717) is 30.9 Å². The van der Waals surface area contributed by atoms with Crippen LogP contribution in [0.4, 0.5) is 0 Å². The van der Waals surface area contributed by atoms with E-state index < -0.39 is 0 Å². The zero-order valence-electron chi connectivity index (χ0n) is 14.4. The molecule has 26 heavy (non-hydrogen) atoms. The first-order valence-corrected chi connectivity index (χ1v) is 8.85. The highest BCUT2D eigenvalue weighted by atomic mass is 16.5. The maximum atomic E-state index is 12.9. The second kappa shape index (κ2) is 7.17. The van der Waals surface area contributed by atoms with Crippen LogP contribution >= 0.6 is 0 Å². The standard InChI is InChI=1S/C20H21N3O3/c24-19-18-14-23(12-11-22(18)10-9-21-19)20(25)15-5-4-8-17(13-15)26-16-6-2-1-3-7-16/h1-8,13,18H,9-12,14H2,(H,21,24)/t18-/m1/s1. The molecule has 0 spiro atoms. The van der Waals surface area contributed by atoms with Crippen molar-refractivity contribution in [3.05, 3.63) is 60.2 Å². The molecule has 0 unspecified atom stereocenters. The van der Waals surface area contributed by atoms with Gasteiger partial charge in [0.2, 0.25) is 5.91 Å². The molecule has 1 atom stereocenters. The first-order chi connectivity index (χ1) is 12.7. The SMILES string of the molecule is O=C1NCCN2CCN(C(=O)c3cccc(Oc4ccccc4)c3)C[C@H]12. The van der Waals surface area contributed by atoms with Crippen LogP contribution in [0.25, 0.3) is 0 Å². The van der Waals surface area contributed by atoms with Crippen LogP contribution in [-0.4, -0.2) is 60.4 Å². The Hall–Kier alpha value is -2.86. The van der Waals surface area contributed by atoms with Crippen LogP contribution in [0.2, 0.25) is 0 Å². The van der Waals surface area contributed by atoms with Crippen molar-refractivity contribution in [3.63, 3.8) is 0 Å². The Balaban J connectivity index is 1.48. The molecule has 2 saturated heterocycles. The van der Waals surface area contributed by atoms with Crippen molar-refractivity contribution in [2.24, 2.45) is 0 Å². The highest BCUT2D eigenvalue weighted by molar-refractivity contribution is 5.95. The predicted molar refractivity (Wildman–Crippen MR) is 97.2 cm³/mol. The third kappa shape index (κ3) is 3.41. The summed E-state index contributed by atoms with van der Waals surface area (Å²) in [5.41, 5.74) is 0.572. The molecule has 2 amide bonds. The number of nitrogens with one attached hydrogen (secondary N) is 1. The maximum Gasteiger partial charge on any atom is 0.254 e. The minimum absolute atomic E-state index is 0.00918. The van der Waals surface area contributed by atoms with E-state index in [4.69, 9.17) is 4.74 Å². The number of nitrogens with zero attached hydrogens (tertiary/aromatic N) is 2. The second-order valence-electron chi connectivity index (χ2n) is 6.54. The van der Waals surface area contributed by atoms with Crippen molar-refractivity contribution in [3.8, 4) is 11.5 Å². The largest absolute Gasteiger partial charge is 0.457 e. The lowest BCUT2D eigenvalue weighted by atomic mass is 10.1. The number of para-hydroxylation sites is 1. The fourth-order valence-corrected chi connectivity index (χ4v) is 3.46. The number of hydrogen-bond donors (Lipinski definition) is 1. The molecule has 0 aromatic heterocycles. The van der Waals surface area contributed by atoms with Gasteiger partial charge in [-0.05, 0) is 30.3 Å². The number of ether oxygens (including phenoxy) is 1. The molecular formula is C20H21N3O3. The van der Waals surface area contributed by atoms with Crippen LogP contribution in [0.5, 0.6) is 11.5 Å². The van der Waals surface area contributed by atoms with Gasteiger partial charge >= 0.3 is 0 Å². The molecule has 6 heteroatoms. The smallest absolute Gasteiger partial charge is 0.254 e. The number of fused-ring (bicyclic) bond motifs is 1. The molecular weight excluding hydrogens is 330 g/mol. The summed E-state index contributed by atoms with van der Waals surface area (Å²) in [4.78, 5) is 28.9. The average Bonchev–Trinajstić information content (AvgIpc) is 2.68. The summed E-state index contributed by atoms with van der Waals surface area (Å²) >= 11 is 0. The summed E-state index contributed by atoms with van der Waals surface area (Å²) in [5, 5.41) is 2.88. The van der Waals surface area contributed by atoms with Gasteiger partial charge in [-0.15, -0.1) is 0 Å². The van der Waals surface area contributed by atoms with E-state index in [2.05, 4.69) is 10.2 Å². The molecule has 0 radical (unpaired) electrons. The second-order valence-corrected chi connectivity index (χ2v) is 6.54. The number of benzene rings is 2. The Bertz CT molecular complexity index is 809. The number of piperazine rings is 2. The van der Waals surface area contributed by atoms with Gasteiger partial charge in [-0.25, -0.2) is 0 Å². The summed E-state index contributed by atoms with van der Waals surface area (Å²) in [6.45, 7) is 3.31. The minimum Gasteiger partial charge on any atom is -0.457 e. The third-order valence-corrected chi connectivity index (χ3v) is 4.84. The Morgan fingerprint density at radius 3 is 2.65 bits per heavy atom. The van der Waals surface area contributed by atoms with Crippen LogP contribution in [0.1, 0.15) is 10.4 Å². The number of amides is 2. The van der Waals surface area contributed by atoms with Gasteiger partial charge in [-0.1, -0.05) is 24.3 Å². The topological polar surface area (TPSA) is 61.9 Å². The number of rotatable bonds is 3. The van der Waals surface area contributed by atoms with E-state index in [0.717, 1.165) is 18.8 Å². The normalized spacial score (nSPS) is 20.2. The summed E-state index contributed by atoms with van der Waals surface area (Å²) < 4.78 is 5.82. The first kappa shape index (κ1) is 16.6. The fourth-order valence-electron chi connectivity index (χ4n) is 3.46. The molecule has 0 aliphatic carbocycles. The lowest BCUT2D eigenvalue weighted by Gasteiger charge is -2.43. The maximum absolute atomic E-state index is 12.9. The van der Waals surface area contributed by atoms with Gasteiger partial charge in [-0.2, -0.15) is 0 Å². The van der Waals surface area contributed by atoms with E-state index in [9.17, 15) is 9.59 Å². The van der Waals surface area contributed by atoms with Gasteiger partial charge in [0.05, 0.1) is 0 Å². The zero-order chi connectivity index (χ0) is 17.9. The van der Waals surface area contributed by atoms with Gasteiger partial charge in [0, 0.05) is 38.3 Å². The van der Waals surface area contributed by atoms with Crippen molar-refractivity contribution in [2.45, 2.75) is 6.04 Å². The molecule has 2 fully saturated rings. The van der Waals surface area contributed by atoms with Crippen molar-refractivity contribution in [1.82, 2.24) is 15.1 Å². The number of carbonyl (C=O) groups is 2. The highest BCUT2D eigenvalue weighted by Crippen LogP contribution is 2.23. The van der Waals surface area contributed by atoms with E-state index >= 15 is 0 Å². The van der Waals surface area contributed by atoms with E-state index in [1.54, 1.807) is 17.0 Å². The van der Waals surface area contributed by atoms with Gasteiger partial charge < -0.3 is 15.0 Å². The summed E-state index contributed by atoms with van der Waals surface area (Å²) in [6.07, 6.45) is 0. The van der Waals surface area contributed by atoms with Crippen molar-refractivity contribution >= 4 is 11.8 Å². The fraction of sp³-hybridized carbons (Fsp3) is 0.300. The van der Waals surface area contributed by atoms with Crippen molar-refractivity contribution in [2.75, 3.05) is 32.7 Å². The Kier molecular flexibility index (Phi) is 4.58. The monoisotopic (exact) mass is 351 g/mol. The van der Waals surface area contributed by atoms with E-state index in [-0.39, 0.29) is 17.9 Å². The molecule has 0 saturated carbocycles. The zero-order valence-corrected chi connectivity index (χ0v) is 14.4. The predicted octanol–water partition coefficient (Wildman–Crippen LogP) is 1.74. The van der Waals surface area contributed by atoms with Crippen molar-refractivity contribution < 1.29 is 14.3 Å². The van der Waals surface area contributed by atoms with E-state index in [1.165, 1.54) is 0 Å². The van der Waals surface area contributed by atoms with Crippen LogP contribution in [0.3, 0.4) is 0 Å². The minimum atomic E-state index is -0.245. The van der Waals surface area contributed by atoms with Crippen LogP contribution in [0, 0.1) is 0 Å². The first-order valence-electron chi connectivity index (χ1n) is 8.85. The summed E-state index contributed by atoms with van der Waals surface area (Å²) in [5.74, 6) is 1.29. The molecule has 6 nitrogen and oxygen atoms in total. The Labute approximate surface area is 152 Å². The van der Waals surface area contributed by atoms with Gasteiger partial charge in [0.15, 0.2) is 0 Å². The molecule has 2 aromatic rings. The average molecular weight is 351 g/mol. The molecule has 4 rings (SSSR count). The third-order valence-electron chi connectivity index (χ3n) is 4.84. The van der Waals surface area contributed by atoms with Crippen LogP contribution < -0.4 is 10.1 Å². The Morgan fingerprint density at radius 1 is 1.00 bits per heavy atom. The molecule has 1 N–H and O–H groups in total. The lowest BCUT2D eigenvalue weighted by molar-refractivity contribution is -0.131. The van der Waals surface area contributed by atoms with Gasteiger partial charge in [-0.3, -0.25) is 14.5 Å². The molecule has 2 heterocycles. The highest BCUT2D eigenvalue weighted by Gasteiger charge is 2.36. The van der Waals surface area contributed by atoms with Gasteiger partial charge in [0.1, 0.15) is 17.5 Å². The molecule has 134 valence electrons. The lowest BCUT2D eigenvalue weighted by Crippen LogP contribution is -2.64. The number of carbonyl (C=O) groups excluding carboxylic acids is 2. The molecule has 2 aliphatic heterocycles. The molecule has 2 aliphatic rings. The van der Waals surface area contributed by atoms with Crippen molar-refractivity contribution in [1.29, 1.82) is 0 Å². The number of hydrogen-bond acceptors (Lipinski definition) is 4. The van der Waals surface area contributed by atoms with Gasteiger partial charge in [0.25, 0.3) is 5.91 Å². The molecule has 2 aromatic carbocycles. The molecule has 0 bridgehead atoms. The quantitative estimate of drug-likeness (QED) is 0.915. The van der Waals surface area contributed by atoms with Crippen LogP contribution in [-0.2, 0) is 4.79 Å².